The molecule has 0 amide bonds. The molecular weight excluding hydrogens is 164 g/mol. The Balaban J connectivity index is 2.36. The second kappa shape index (κ2) is 3.37. The lowest BCUT2D eigenvalue weighted by Gasteiger charge is -1.98. The molecule has 0 bridgehead atoms. The molecule has 66 valence electrons. The Morgan fingerprint density at radius 1 is 1.46 bits per heavy atom. The highest BCUT2D eigenvalue weighted by Crippen LogP contribution is 2.05. The summed E-state index contributed by atoms with van der Waals surface area (Å²) in [5.74, 6) is 0. The first-order valence-corrected chi connectivity index (χ1v) is 4.03. The van der Waals surface area contributed by atoms with Crippen LogP contribution in [0.5, 0.6) is 0 Å². The Hall–Kier alpha value is -1.68. The summed E-state index contributed by atoms with van der Waals surface area (Å²) in [5, 5.41) is 0. The van der Waals surface area contributed by atoms with Gasteiger partial charge in [-0.2, -0.15) is 0 Å². The van der Waals surface area contributed by atoms with E-state index in [2.05, 4.69) is 9.97 Å². The average Bonchev–Trinajstić information content (AvgIpc) is 2.67. The molecule has 0 aliphatic carbocycles. The van der Waals surface area contributed by atoms with Crippen LogP contribution in [0.4, 0.5) is 0 Å². The van der Waals surface area contributed by atoms with Crippen molar-refractivity contribution < 1.29 is 0 Å². The molecule has 0 radical (unpaired) electrons. The largest absolute Gasteiger partial charge is 0.325 e. The summed E-state index contributed by atoms with van der Waals surface area (Å²) in [6.45, 7) is 0.466. The van der Waals surface area contributed by atoms with Gasteiger partial charge in [0.2, 0.25) is 0 Å². The van der Waals surface area contributed by atoms with Gasteiger partial charge in [0.25, 0.3) is 0 Å². The van der Waals surface area contributed by atoms with Crippen molar-refractivity contribution in [3.8, 4) is 5.69 Å². The van der Waals surface area contributed by atoms with Gasteiger partial charge in [-0.05, 0) is 12.1 Å². The molecule has 4 nitrogen and oxygen atoms in total. The quantitative estimate of drug-likeness (QED) is 0.730. The Morgan fingerprint density at radius 2 is 2.38 bits per heavy atom. The maximum absolute atomic E-state index is 5.45. The van der Waals surface area contributed by atoms with Crippen LogP contribution in [0.1, 0.15) is 5.69 Å². The average molecular weight is 174 g/mol. The van der Waals surface area contributed by atoms with Crippen molar-refractivity contribution in [1.82, 2.24) is 14.5 Å². The molecule has 2 rings (SSSR count). The van der Waals surface area contributed by atoms with E-state index < -0.39 is 0 Å². The number of imidazole rings is 1. The smallest absolute Gasteiger partial charge is 0.0996 e. The Kier molecular flexibility index (Phi) is 2.06. The summed E-state index contributed by atoms with van der Waals surface area (Å²) < 4.78 is 1.90. The van der Waals surface area contributed by atoms with Gasteiger partial charge in [-0.3, -0.25) is 4.98 Å². The lowest BCUT2D eigenvalue weighted by Crippen LogP contribution is -1.95. The first kappa shape index (κ1) is 7.94. The SMILES string of the molecule is NCc1cn(-c2cccnc2)cn1. The van der Waals surface area contributed by atoms with Gasteiger partial charge in [-0.15, -0.1) is 0 Å². The molecule has 13 heavy (non-hydrogen) atoms. The fraction of sp³-hybridized carbons (Fsp3) is 0.111. The predicted octanol–water partition coefficient (Wildman–Crippen LogP) is 0.726. The number of nitrogens with zero attached hydrogens (tertiary/aromatic N) is 3. The van der Waals surface area contributed by atoms with Crippen LogP contribution in [0.15, 0.2) is 37.1 Å². The lowest BCUT2D eigenvalue weighted by molar-refractivity contribution is 1.01. The van der Waals surface area contributed by atoms with Crippen molar-refractivity contribution in [1.29, 1.82) is 0 Å². The maximum Gasteiger partial charge on any atom is 0.0996 e. The first-order chi connectivity index (χ1) is 6.40. The third kappa shape index (κ3) is 1.57. The fourth-order valence-electron chi connectivity index (χ4n) is 1.12. The van der Waals surface area contributed by atoms with E-state index in [0.717, 1.165) is 11.4 Å². The van der Waals surface area contributed by atoms with Crippen LogP contribution in [-0.4, -0.2) is 14.5 Å². The number of aromatic nitrogens is 3. The molecule has 0 aliphatic heterocycles. The van der Waals surface area contributed by atoms with Crippen molar-refractivity contribution in [3.05, 3.63) is 42.7 Å². The summed E-state index contributed by atoms with van der Waals surface area (Å²) in [5.41, 5.74) is 7.32. The molecule has 2 N–H and O–H groups in total. The lowest BCUT2D eigenvalue weighted by atomic mass is 10.4. The molecule has 0 aromatic carbocycles. The van der Waals surface area contributed by atoms with E-state index in [1.54, 1.807) is 18.7 Å². The van der Waals surface area contributed by atoms with E-state index in [1.165, 1.54) is 0 Å². The highest BCUT2D eigenvalue weighted by molar-refractivity contribution is 5.28. The van der Waals surface area contributed by atoms with Gasteiger partial charge in [0.05, 0.1) is 23.9 Å². The summed E-state index contributed by atoms with van der Waals surface area (Å²) in [7, 11) is 0. The van der Waals surface area contributed by atoms with Crippen molar-refractivity contribution in [2.75, 3.05) is 0 Å². The Morgan fingerprint density at radius 3 is 3.00 bits per heavy atom. The standard InChI is InChI=1S/C9H10N4/c10-4-8-6-13(7-12-8)9-2-1-3-11-5-9/h1-3,5-7H,4,10H2. The van der Waals surface area contributed by atoms with E-state index in [0.29, 0.717) is 6.54 Å². The van der Waals surface area contributed by atoms with Crippen LogP contribution in [0.2, 0.25) is 0 Å². The molecule has 2 heterocycles. The second-order valence-electron chi connectivity index (χ2n) is 2.69. The van der Waals surface area contributed by atoms with Gasteiger partial charge in [-0.1, -0.05) is 0 Å². The highest BCUT2D eigenvalue weighted by atomic mass is 15.0. The van der Waals surface area contributed by atoms with Gasteiger partial charge < -0.3 is 10.3 Å². The van der Waals surface area contributed by atoms with Gasteiger partial charge in [0, 0.05) is 18.9 Å². The molecule has 0 aliphatic rings. The Bertz CT molecular complexity index is 380. The molecule has 0 fully saturated rings. The highest BCUT2D eigenvalue weighted by Gasteiger charge is 1.97. The zero-order valence-corrected chi connectivity index (χ0v) is 7.09. The number of hydrogen-bond acceptors (Lipinski definition) is 3. The topological polar surface area (TPSA) is 56.7 Å². The van der Waals surface area contributed by atoms with Crippen molar-refractivity contribution in [3.63, 3.8) is 0 Å². The molecule has 0 saturated heterocycles. The minimum absolute atomic E-state index is 0.466. The first-order valence-electron chi connectivity index (χ1n) is 4.03. The normalized spacial score (nSPS) is 10.2. The van der Waals surface area contributed by atoms with Gasteiger partial charge in [0.15, 0.2) is 0 Å². The second-order valence-corrected chi connectivity index (χ2v) is 2.69. The van der Waals surface area contributed by atoms with E-state index in [9.17, 15) is 0 Å². The molecule has 2 aromatic rings. The van der Waals surface area contributed by atoms with Gasteiger partial charge in [0.1, 0.15) is 0 Å². The van der Waals surface area contributed by atoms with E-state index in [1.807, 2.05) is 22.9 Å². The molecule has 0 spiro atoms. The minimum Gasteiger partial charge on any atom is -0.325 e. The zero-order valence-electron chi connectivity index (χ0n) is 7.09. The van der Waals surface area contributed by atoms with E-state index >= 15 is 0 Å². The fourth-order valence-corrected chi connectivity index (χ4v) is 1.12. The molecular formula is C9H10N4. The van der Waals surface area contributed by atoms with Crippen LogP contribution in [0, 0.1) is 0 Å². The number of nitrogens with two attached hydrogens (primary N) is 1. The molecule has 2 aromatic heterocycles. The maximum atomic E-state index is 5.45. The van der Waals surface area contributed by atoms with E-state index in [4.69, 9.17) is 5.73 Å². The van der Waals surface area contributed by atoms with Crippen molar-refractivity contribution >= 4 is 0 Å². The van der Waals surface area contributed by atoms with Crippen LogP contribution in [0.3, 0.4) is 0 Å². The summed E-state index contributed by atoms with van der Waals surface area (Å²) in [6.07, 6.45) is 7.16. The summed E-state index contributed by atoms with van der Waals surface area (Å²) in [4.78, 5) is 8.14. The molecule has 4 heteroatoms. The van der Waals surface area contributed by atoms with Crippen LogP contribution >= 0.6 is 0 Å². The minimum atomic E-state index is 0.466. The summed E-state index contributed by atoms with van der Waals surface area (Å²) in [6, 6.07) is 3.85. The Labute approximate surface area is 76.1 Å². The molecule has 0 atom stereocenters. The number of rotatable bonds is 2. The van der Waals surface area contributed by atoms with E-state index in [-0.39, 0.29) is 0 Å². The van der Waals surface area contributed by atoms with Crippen molar-refractivity contribution in [2.45, 2.75) is 6.54 Å². The van der Waals surface area contributed by atoms with Crippen LogP contribution in [0.25, 0.3) is 5.69 Å². The number of hydrogen-bond donors (Lipinski definition) is 1. The third-order valence-electron chi connectivity index (χ3n) is 1.79. The zero-order chi connectivity index (χ0) is 9.10. The summed E-state index contributed by atoms with van der Waals surface area (Å²) >= 11 is 0. The third-order valence-corrected chi connectivity index (χ3v) is 1.79. The molecule has 0 saturated carbocycles. The van der Waals surface area contributed by atoms with Crippen molar-refractivity contribution in [2.24, 2.45) is 5.73 Å². The van der Waals surface area contributed by atoms with Crippen LogP contribution in [-0.2, 0) is 6.54 Å². The molecule has 0 unspecified atom stereocenters. The van der Waals surface area contributed by atoms with Gasteiger partial charge in [-0.25, -0.2) is 4.98 Å². The predicted molar refractivity (Wildman–Crippen MR) is 49.3 cm³/mol. The van der Waals surface area contributed by atoms with Gasteiger partial charge >= 0.3 is 0 Å². The number of pyridine rings is 1. The van der Waals surface area contributed by atoms with Crippen LogP contribution < -0.4 is 5.73 Å². The monoisotopic (exact) mass is 174 g/mol.